The van der Waals surface area contributed by atoms with Gasteiger partial charge in [0.1, 0.15) is 0 Å². The highest BCUT2D eigenvalue weighted by atomic mass is 16.5. The SMILES string of the molecule is C[C@@H](C(=O)NCCC1=CCCCC1)N1CCO[C@H](Cn2cccn2)C1. The fourth-order valence-corrected chi connectivity index (χ4v) is 3.61. The van der Waals surface area contributed by atoms with E-state index in [1.165, 1.54) is 31.3 Å². The van der Waals surface area contributed by atoms with Crippen molar-refractivity contribution in [2.75, 3.05) is 26.2 Å². The molecule has 0 unspecified atom stereocenters. The van der Waals surface area contributed by atoms with Crippen LogP contribution < -0.4 is 5.32 Å². The molecule has 1 saturated heterocycles. The molecule has 6 heteroatoms. The van der Waals surface area contributed by atoms with Gasteiger partial charge in [-0.25, -0.2) is 0 Å². The summed E-state index contributed by atoms with van der Waals surface area (Å²) >= 11 is 0. The van der Waals surface area contributed by atoms with Gasteiger partial charge in [0.25, 0.3) is 0 Å². The zero-order chi connectivity index (χ0) is 17.5. The lowest BCUT2D eigenvalue weighted by Crippen LogP contribution is -2.53. The normalized spacial score (nSPS) is 23.1. The minimum Gasteiger partial charge on any atom is -0.374 e. The zero-order valence-electron chi connectivity index (χ0n) is 15.2. The van der Waals surface area contributed by atoms with Gasteiger partial charge in [0.15, 0.2) is 0 Å². The summed E-state index contributed by atoms with van der Waals surface area (Å²) in [6.07, 6.45) is 12.1. The van der Waals surface area contributed by atoms with Gasteiger partial charge < -0.3 is 10.1 Å². The summed E-state index contributed by atoms with van der Waals surface area (Å²) in [5.41, 5.74) is 1.50. The Kier molecular flexibility index (Phi) is 6.64. The number of nitrogens with one attached hydrogen (secondary N) is 1. The van der Waals surface area contributed by atoms with Gasteiger partial charge in [-0.2, -0.15) is 5.10 Å². The Morgan fingerprint density at radius 3 is 3.16 bits per heavy atom. The molecule has 3 rings (SSSR count). The summed E-state index contributed by atoms with van der Waals surface area (Å²) in [5, 5.41) is 7.34. The van der Waals surface area contributed by atoms with E-state index in [2.05, 4.69) is 21.4 Å². The molecule has 138 valence electrons. The zero-order valence-corrected chi connectivity index (χ0v) is 15.2. The molecule has 1 aromatic heterocycles. The smallest absolute Gasteiger partial charge is 0.237 e. The highest BCUT2D eigenvalue weighted by Crippen LogP contribution is 2.19. The van der Waals surface area contributed by atoms with Crippen molar-refractivity contribution in [3.63, 3.8) is 0 Å². The molecule has 2 aliphatic rings. The maximum Gasteiger partial charge on any atom is 0.237 e. The largest absolute Gasteiger partial charge is 0.374 e. The Hall–Kier alpha value is -1.66. The van der Waals surface area contributed by atoms with Gasteiger partial charge in [-0.15, -0.1) is 0 Å². The maximum atomic E-state index is 12.5. The van der Waals surface area contributed by atoms with Crippen molar-refractivity contribution >= 4 is 5.91 Å². The number of hydrogen-bond acceptors (Lipinski definition) is 4. The predicted molar refractivity (Wildman–Crippen MR) is 97.2 cm³/mol. The van der Waals surface area contributed by atoms with Gasteiger partial charge in [-0.05, 0) is 45.1 Å². The number of aromatic nitrogens is 2. The van der Waals surface area contributed by atoms with Crippen molar-refractivity contribution in [2.45, 2.75) is 57.7 Å². The minimum atomic E-state index is -0.121. The first-order valence-corrected chi connectivity index (χ1v) is 9.51. The average molecular weight is 346 g/mol. The molecule has 0 spiro atoms. The van der Waals surface area contributed by atoms with Gasteiger partial charge in [-0.1, -0.05) is 11.6 Å². The summed E-state index contributed by atoms with van der Waals surface area (Å²) in [5.74, 6) is 0.121. The van der Waals surface area contributed by atoms with Crippen LogP contribution in [-0.4, -0.2) is 59.0 Å². The van der Waals surface area contributed by atoms with Crippen LogP contribution in [-0.2, 0) is 16.1 Å². The van der Waals surface area contributed by atoms with Crippen molar-refractivity contribution in [2.24, 2.45) is 0 Å². The van der Waals surface area contributed by atoms with Crippen LogP contribution in [0.15, 0.2) is 30.1 Å². The summed E-state index contributed by atoms with van der Waals surface area (Å²) in [6, 6.07) is 1.79. The Bertz CT molecular complexity index is 570. The molecule has 1 fully saturated rings. The Labute approximate surface area is 150 Å². The Morgan fingerprint density at radius 2 is 2.40 bits per heavy atom. The van der Waals surface area contributed by atoms with Crippen LogP contribution in [0.3, 0.4) is 0 Å². The number of nitrogens with zero attached hydrogens (tertiary/aromatic N) is 3. The van der Waals surface area contributed by atoms with Gasteiger partial charge in [0.2, 0.25) is 5.91 Å². The standard InChI is InChI=1S/C19H30N4O2/c1-16(19(24)20-10-8-17-6-3-2-4-7-17)22-12-13-25-18(14-22)15-23-11-5-9-21-23/h5-6,9,11,16,18H,2-4,7-8,10,12-15H2,1H3,(H,20,24)/t16-,18-/m0/s1. The quantitative estimate of drug-likeness (QED) is 0.767. The monoisotopic (exact) mass is 346 g/mol. The summed E-state index contributed by atoms with van der Waals surface area (Å²) in [6.45, 7) is 5.69. The van der Waals surface area contributed by atoms with E-state index in [9.17, 15) is 4.79 Å². The number of allylic oxidation sites excluding steroid dienone is 1. The molecule has 0 aromatic carbocycles. The topological polar surface area (TPSA) is 59.4 Å². The number of morpholine rings is 1. The van der Waals surface area contributed by atoms with Crippen molar-refractivity contribution in [1.82, 2.24) is 20.0 Å². The van der Waals surface area contributed by atoms with E-state index < -0.39 is 0 Å². The highest BCUT2D eigenvalue weighted by molar-refractivity contribution is 5.81. The molecule has 25 heavy (non-hydrogen) atoms. The Balaban J connectivity index is 1.42. The number of amides is 1. The lowest BCUT2D eigenvalue weighted by molar-refractivity contribution is -0.129. The number of hydrogen-bond donors (Lipinski definition) is 1. The van der Waals surface area contributed by atoms with Gasteiger partial charge in [-0.3, -0.25) is 14.4 Å². The molecule has 1 N–H and O–H groups in total. The molecular formula is C19H30N4O2. The van der Waals surface area contributed by atoms with Crippen LogP contribution in [0.4, 0.5) is 0 Å². The van der Waals surface area contributed by atoms with E-state index in [1.807, 2.05) is 23.9 Å². The van der Waals surface area contributed by atoms with Crippen molar-refractivity contribution in [3.8, 4) is 0 Å². The maximum absolute atomic E-state index is 12.5. The summed E-state index contributed by atoms with van der Waals surface area (Å²) < 4.78 is 7.72. The molecule has 2 heterocycles. The number of carbonyl (C=O) groups excluding carboxylic acids is 1. The van der Waals surface area contributed by atoms with E-state index in [-0.39, 0.29) is 18.1 Å². The predicted octanol–water partition coefficient (Wildman–Crippen LogP) is 1.98. The lowest BCUT2D eigenvalue weighted by atomic mass is 9.97. The molecule has 1 aliphatic carbocycles. The summed E-state index contributed by atoms with van der Waals surface area (Å²) in [7, 11) is 0. The fraction of sp³-hybridized carbons (Fsp3) is 0.684. The second kappa shape index (κ2) is 9.15. The van der Waals surface area contributed by atoms with E-state index in [4.69, 9.17) is 4.74 Å². The van der Waals surface area contributed by atoms with Crippen LogP contribution in [0.5, 0.6) is 0 Å². The summed E-state index contributed by atoms with van der Waals surface area (Å²) in [4.78, 5) is 14.7. The molecule has 1 amide bonds. The van der Waals surface area contributed by atoms with Crippen LogP contribution in [0.25, 0.3) is 0 Å². The van der Waals surface area contributed by atoms with Gasteiger partial charge in [0, 0.05) is 32.0 Å². The molecule has 1 aromatic rings. The molecule has 1 aliphatic heterocycles. The first kappa shape index (κ1) is 18.1. The molecule has 0 radical (unpaired) electrons. The lowest BCUT2D eigenvalue weighted by Gasteiger charge is -2.36. The fourth-order valence-electron chi connectivity index (χ4n) is 3.61. The van der Waals surface area contributed by atoms with Gasteiger partial charge >= 0.3 is 0 Å². The third-order valence-corrected chi connectivity index (χ3v) is 5.18. The van der Waals surface area contributed by atoms with Crippen LogP contribution in [0, 0.1) is 0 Å². The van der Waals surface area contributed by atoms with Crippen LogP contribution >= 0.6 is 0 Å². The van der Waals surface area contributed by atoms with Gasteiger partial charge in [0.05, 0.1) is 25.3 Å². The molecular weight excluding hydrogens is 316 g/mol. The van der Waals surface area contributed by atoms with E-state index in [1.54, 1.807) is 6.20 Å². The first-order chi connectivity index (χ1) is 12.2. The average Bonchev–Trinajstić information content (AvgIpc) is 3.15. The van der Waals surface area contributed by atoms with Crippen molar-refractivity contribution in [1.29, 1.82) is 0 Å². The van der Waals surface area contributed by atoms with E-state index in [0.717, 1.165) is 32.6 Å². The van der Waals surface area contributed by atoms with Crippen molar-refractivity contribution < 1.29 is 9.53 Å². The minimum absolute atomic E-state index is 0.0799. The second-order valence-corrected chi connectivity index (χ2v) is 7.04. The third-order valence-electron chi connectivity index (χ3n) is 5.18. The molecule has 0 saturated carbocycles. The number of carbonyl (C=O) groups is 1. The molecule has 0 bridgehead atoms. The Morgan fingerprint density at radius 1 is 1.48 bits per heavy atom. The van der Waals surface area contributed by atoms with E-state index >= 15 is 0 Å². The third kappa shape index (κ3) is 5.41. The number of ether oxygens (including phenoxy) is 1. The first-order valence-electron chi connectivity index (χ1n) is 9.51. The van der Waals surface area contributed by atoms with Crippen LogP contribution in [0.2, 0.25) is 0 Å². The van der Waals surface area contributed by atoms with Crippen LogP contribution in [0.1, 0.15) is 39.0 Å². The molecule has 2 atom stereocenters. The number of rotatable bonds is 7. The second-order valence-electron chi connectivity index (χ2n) is 7.04. The van der Waals surface area contributed by atoms with Crippen molar-refractivity contribution in [3.05, 3.63) is 30.1 Å². The molecule has 6 nitrogen and oxygen atoms in total. The van der Waals surface area contributed by atoms with E-state index in [0.29, 0.717) is 6.61 Å². The highest BCUT2D eigenvalue weighted by Gasteiger charge is 2.28.